The van der Waals surface area contributed by atoms with Crippen LogP contribution in [-0.4, -0.2) is 5.78 Å². The van der Waals surface area contributed by atoms with Gasteiger partial charge in [-0.3, -0.25) is 4.79 Å². The Kier molecular flexibility index (Phi) is 6.81. The minimum atomic E-state index is 0.160. The number of hydrogen-bond donors (Lipinski definition) is 1. The van der Waals surface area contributed by atoms with Crippen LogP contribution in [0.25, 0.3) is 0 Å². The summed E-state index contributed by atoms with van der Waals surface area (Å²) in [6.45, 7) is 2.20. The molecule has 0 spiro atoms. The molecule has 0 aliphatic heterocycles. The largest absolute Gasteiger partial charge is 0.398 e. The van der Waals surface area contributed by atoms with Crippen LogP contribution in [0.3, 0.4) is 0 Å². The summed E-state index contributed by atoms with van der Waals surface area (Å²) in [5, 5.41) is 0.462. The van der Waals surface area contributed by atoms with Gasteiger partial charge in [-0.1, -0.05) is 50.6 Å². The molecule has 100 valence electrons. The fourth-order valence-electron chi connectivity index (χ4n) is 1.91. The molecule has 0 amide bonds. The Morgan fingerprint density at radius 2 is 1.83 bits per heavy atom. The molecule has 0 bridgehead atoms. The molecule has 1 rings (SSSR count). The van der Waals surface area contributed by atoms with Gasteiger partial charge in [-0.15, -0.1) is 0 Å². The second kappa shape index (κ2) is 8.15. The van der Waals surface area contributed by atoms with E-state index >= 15 is 0 Å². The lowest BCUT2D eigenvalue weighted by Crippen LogP contribution is -2.00. The molecule has 0 fully saturated rings. The molecule has 0 radical (unpaired) electrons. The molecule has 0 aliphatic carbocycles. The van der Waals surface area contributed by atoms with E-state index < -0.39 is 0 Å². The molecule has 3 heteroatoms. The number of carbonyl (C=O) groups excluding carboxylic acids is 1. The van der Waals surface area contributed by atoms with E-state index in [0.717, 1.165) is 12.8 Å². The highest BCUT2D eigenvalue weighted by atomic mass is 35.5. The Morgan fingerprint density at radius 3 is 2.50 bits per heavy atom. The van der Waals surface area contributed by atoms with Gasteiger partial charge in [0.15, 0.2) is 5.78 Å². The second-order valence-corrected chi connectivity index (χ2v) is 5.08. The molecule has 0 atom stereocenters. The van der Waals surface area contributed by atoms with Gasteiger partial charge < -0.3 is 5.73 Å². The Morgan fingerprint density at radius 1 is 1.17 bits per heavy atom. The van der Waals surface area contributed by atoms with E-state index in [9.17, 15) is 4.79 Å². The molecule has 0 aromatic heterocycles. The minimum Gasteiger partial charge on any atom is -0.398 e. The van der Waals surface area contributed by atoms with E-state index in [2.05, 4.69) is 6.92 Å². The number of anilines is 1. The first-order valence-electron chi connectivity index (χ1n) is 6.73. The number of hydrogen-bond acceptors (Lipinski definition) is 2. The number of Topliss-reactive ketones (excluding diaryl/α,β-unsaturated/α-hetero) is 1. The number of nitrogen functional groups attached to an aromatic ring is 1. The van der Waals surface area contributed by atoms with Crippen LogP contribution in [0.2, 0.25) is 5.02 Å². The summed E-state index contributed by atoms with van der Waals surface area (Å²) in [7, 11) is 0. The molecule has 0 saturated carbocycles. The average molecular weight is 268 g/mol. The van der Waals surface area contributed by atoms with Crippen molar-refractivity contribution in [2.75, 3.05) is 5.73 Å². The number of benzene rings is 1. The first-order chi connectivity index (χ1) is 8.65. The molecular weight excluding hydrogens is 246 g/mol. The predicted molar refractivity (Wildman–Crippen MR) is 78.2 cm³/mol. The van der Waals surface area contributed by atoms with Crippen LogP contribution in [0.15, 0.2) is 18.2 Å². The average Bonchev–Trinajstić information content (AvgIpc) is 2.36. The lowest BCUT2D eigenvalue weighted by atomic mass is 10.0. The third-order valence-electron chi connectivity index (χ3n) is 3.08. The summed E-state index contributed by atoms with van der Waals surface area (Å²) in [4.78, 5) is 11.9. The third kappa shape index (κ3) is 5.09. The summed E-state index contributed by atoms with van der Waals surface area (Å²) < 4.78 is 0. The van der Waals surface area contributed by atoms with E-state index in [1.165, 1.54) is 25.7 Å². The maximum absolute atomic E-state index is 11.9. The molecule has 0 unspecified atom stereocenters. The summed E-state index contributed by atoms with van der Waals surface area (Å²) >= 11 is 5.90. The van der Waals surface area contributed by atoms with E-state index in [-0.39, 0.29) is 5.78 Å². The van der Waals surface area contributed by atoms with Crippen molar-refractivity contribution in [1.82, 2.24) is 0 Å². The predicted octanol–water partition coefficient (Wildman–Crippen LogP) is 4.86. The van der Waals surface area contributed by atoms with Crippen LogP contribution in [0.5, 0.6) is 0 Å². The highest BCUT2D eigenvalue weighted by Gasteiger charge is 2.07. The quantitative estimate of drug-likeness (QED) is 0.415. The van der Waals surface area contributed by atoms with E-state index in [4.69, 9.17) is 17.3 Å². The first kappa shape index (κ1) is 15.0. The van der Waals surface area contributed by atoms with Crippen LogP contribution in [0.4, 0.5) is 5.69 Å². The van der Waals surface area contributed by atoms with Gasteiger partial charge in [-0.25, -0.2) is 0 Å². The maximum atomic E-state index is 11.9. The van der Waals surface area contributed by atoms with Crippen LogP contribution < -0.4 is 5.73 Å². The topological polar surface area (TPSA) is 43.1 Å². The van der Waals surface area contributed by atoms with E-state index in [0.29, 0.717) is 22.7 Å². The van der Waals surface area contributed by atoms with Gasteiger partial charge in [-0.05, 0) is 24.6 Å². The monoisotopic (exact) mass is 267 g/mol. The van der Waals surface area contributed by atoms with Crippen LogP contribution >= 0.6 is 11.6 Å². The molecule has 0 aliphatic rings. The van der Waals surface area contributed by atoms with Crippen molar-refractivity contribution < 1.29 is 4.79 Å². The van der Waals surface area contributed by atoms with Crippen LogP contribution in [0.1, 0.15) is 62.2 Å². The van der Waals surface area contributed by atoms with Gasteiger partial charge >= 0.3 is 0 Å². The van der Waals surface area contributed by atoms with E-state index in [1.807, 2.05) is 0 Å². The number of rotatable bonds is 8. The molecule has 2 N–H and O–H groups in total. The zero-order chi connectivity index (χ0) is 13.4. The number of carbonyl (C=O) groups is 1. The smallest absolute Gasteiger partial charge is 0.162 e. The van der Waals surface area contributed by atoms with Crippen molar-refractivity contribution in [3.8, 4) is 0 Å². The number of halogens is 1. The molecular formula is C15H22ClNO. The van der Waals surface area contributed by atoms with Crippen molar-refractivity contribution in [2.24, 2.45) is 0 Å². The van der Waals surface area contributed by atoms with Crippen molar-refractivity contribution >= 4 is 23.1 Å². The normalized spacial score (nSPS) is 10.6. The number of ketones is 1. The van der Waals surface area contributed by atoms with Crippen molar-refractivity contribution in [3.63, 3.8) is 0 Å². The lowest BCUT2D eigenvalue weighted by molar-refractivity contribution is 0.0979. The van der Waals surface area contributed by atoms with Gasteiger partial charge in [0.2, 0.25) is 0 Å². The Labute approximate surface area is 115 Å². The van der Waals surface area contributed by atoms with Crippen LogP contribution in [0, 0.1) is 0 Å². The Hall–Kier alpha value is -1.02. The fraction of sp³-hybridized carbons (Fsp3) is 0.533. The van der Waals surface area contributed by atoms with Crippen LogP contribution in [-0.2, 0) is 0 Å². The van der Waals surface area contributed by atoms with Crippen molar-refractivity contribution in [3.05, 3.63) is 28.8 Å². The second-order valence-electron chi connectivity index (χ2n) is 4.68. The molecule has 18 heavy (non-hydrogen) atoms. The van der Waals surface area contributed by atoms with E-state index in [1.54, 1.807) is 18.2 Å². The summed E-state index contributed by atoms with van der Waals surface area (Å²) in [5.74, 6) is 0.160. The molecule has 2 nitrogen and oxygen atoms in total. The fourth-order valence-corrected chi connectivity index (χ4v) is 2.09. The summed E-state index contributed by atoms with van der Waals surface area (Å²) in [6, 6.07) is 5.10. The van der Waals surface area contributed by atoms with Gasteiger partial charge in [0.1, 0.15) is 0 Å². The molecule has 0 saturated heterocycles. The Balaban J connectivity index is 2.30. The van der Waals surface area contributed by atoms with Gasteiger partial charge in [-0.2, -0.15) is 0 Å². The first-order valence-corrected chi connectivity index (χ1v) is 7.11. The van der Waals surface area contributed by atoms with Gasteiger partial charge in [0.25, 0.3) is 0 Å². The lowest BCUT2D eigenvalue weighted by Gasteiger charge is -2.04. The van der Waals surface area contributed by atoms with Crippen molar-refractivity contribution in [1.29, 1.82) is 0 Å². The SMILES string of the molecule is CCCCCCCCC(=O)c1ccc(N)c(Cl)c1. The highest BCUT2D eigenvalue weighted by Crippen LogP contribution is 2.21. The zero-order valence-corrected chi connectivity index (χ0v) is 11.8. The summed E-state index contributed by atoms with van der Waals surface area (Å²) in [5.41, 5.74) is 6.80. The third-order valence-corrected chi connectivity index (χ3v) is 3.41. The maximum Gasteiger partial charge on any atom is 0.162 e. The van der Waals surface area contributed by atoms with Gasteiger partial charge in [0.05, 0.1) is 10.7 Å². The van der Waals surface area contributed by atoms with Gasteiger partial charge in [0, 0.05) is 12.0 Å². The number of nitrogens with two attached hydrogens (primary N) is 1. The minimum absolute atomic E-state index is 0.160. The molecule has 1 aromatic carbocycles. The molecule has 1 aromatic rings. The Bertz CT molecular complexity index is 390. The van der Waals surface area contributed by atoms with Crippen molar-refractivity contribution in [2.45, 2.75) is 51.9 Å². The molecule has 0 heterocycles. The summed E-state index contributed by atoms with van der Waals surface area (Å²) in [6.07, 6.45) is 7.75. The number of unbranched alkanes of at least 4 members (excludes halogenated alkanes) is 5. The standard InChI is InChI=1S/C15H22ClNO/c1-2-3-4-5-6-7-8-15(18)12-9-10-14(17)13(16)11-12/h9-11H,2-8,17H2,1H3. The highest BCUT2D eigenvalue weighted by molar-refractivity contribution is 6.33. The zero-order valence-electron chi connectivity index (χ0n) is 11.0.